The molecule has 2 fully saturated rings. The summed E-state index contributed by atoms with van der Waals surface area (Å²) in [5.74, 6) is 0.766. The molecule has 0 spiro atoms. The monoisotopic (exact) mass is 559 g/mol. The smallest absolute Gasteiger partial charge is 0.357 e. The van der Waals surface area contributed by atoms with Gasteiger partial charge >= 0.3 is 6.18 Å². The van der Waals surface area contributed by atoms with Crippen LogP contribution in [0, 0.1) is 0 Å². The molecular weight excluding hydrogens is 530 g/mol. The number of aliphatic imine (C=N–C) groups is 1. The van der Waals surface area contributed by atoms with Gasteiger partial charge in [-0.3, -0.25) is 4.99 Å². The number of alkyl halides is 3. The molecule has 1 aliphatic heterocycles. The molecule has 3 rings (SSSR count). The quantitative estimate of drug-likeness (QED) is 0.327. The molecule has 1 aliphatic carbocycles. The van der Waals surface area contributed by atoms with Gasteiger partial charge in [-0.2, -0.15) is 13.2 Å². The van der Waals surface area contributed by atoms with Gasteiger partial charge in [0.15, 0.2) is 15.8 Å². The number of rotatable bonds is 5. The van der Waals surface area contributed by atoms with Crippen LogP contribution in [0.15, 0.2) is 29.3 Å². The van der Waals surface area contributed by atoms with Gasteiger partial charge < -0.3 is 10.6 Å². The fourth-order valence-corrected chi connectivity index (χ4v) is 5.94. The molecule has 1 aromatic rings. The molecule has 1 saturated carbocycles. The van der Waals surface area contributed by atoms with Crippen LogP contribution < -0.4 is 10.6 Å². The number of halogens is 4. The van der Waals surface area contributed by atoms with Gasteiger partial charge in [0.2, 0.25) is 0 Å². The molecular formula is C20H29F3IN3O2S. The lowest BCUT2D eigenvalue weighted by Gasteiger charge is -2.29. The van der Waals surface area contributed by atoms with Crippen LogP contribution in [0.1, 0.15) is 50.2 Å². The zero-order valence-corrected chi connectivity index (χ0v) is 20.1. The van der Waals surface area contributed by atoms with Gasteiger partial charge in [-0.15, -0.1) is 24.0 Å². The molecule has 1 heterocycles. The molecule has 0 radical (unpaired) electrons. The van der Waals surface area contributed by atoms with Gasteiger partial charge in [0.25, 0.3) is 0 Å². The minimum absolute atomic E-state index is 0. The Morgan fingerprint density at radius 2 is 1.97 bits per heavy atom. The van der Waals surface area contributed by atoms with Crippen LogP contribution in [-0.2, 0) is 21.4 Å². The normalized spacial score (nSPS) is 23.1. The van der Waals surface area contributed by atoms with E-state index in [1.807, 2.05) is 6.92 Å². The lowest BCUT2D eigenvalue weighted by atomic mass is 9.78. The minimum Gasteiger partial charge on any atom is -0.357 e. The Morgan fingerprint density at radius 1 is 1.27 bits per heavy atom. The standard InChI is InChI=1S/C20H28F3N3O2S.HI/c1-2-24-18(26-17-8-11-29(27,28)13-17)25-14-19(9-3-4-10-19)15-6-5-7-16(12-15)20(21,22)23;/h5-7,12,17H,2-4,8-11,13-14H2,1H3,(H2,24,25,26);1H. The van der Waals surface area contributed by atoms with Crippen LogP contribution in [0.2, 0.25) is 0 Å². The van der Waals surface area contributed by atoms with E-state index in [1.165, 1.54) is 12.1 Å². The summed E-state index contributed by atoms with van der Waals surface area (Å²) < 4.78 is 63.0. The molecule has 0 aromatic heterocycles. The first kappa shape index (κ1) is 25.2. The third-order valence-corrected chi connectivity index (χ3v) is 7.59. The molecule has 2 N–H and O–H groups in total. The summed E-state index contributed by atoms with van der Waals surface area (Å²) in [6, 6.07) is 5.40. The van der Waals surface area contributed by atoms with Crippen molar-refractivity contribution in [2.24, 2.45) is 4.99 Å². The van der Waals surface area contributed by atoms with Crippen molar-refractivity contribution in [3.05, 3.63) is 35.4 Å². The van der Waals surface area contributed by atoms with Crippen LogP contribution in [0.25, 0.3) is 0 Å². The number of sulfone groups is 1. The Balaban J connectivity index is 0.00000320. The highest BCUT2D eigenvalue weighted by Crippen LogP contribution is 2.43. The Kier molecular flexibility index (Phi) is 8.45. The van der Waals surface area contributed by atoms with E-state index in [-0.39, 0.29) is 41.5 Å². The fourth-order valence-electron chi connectivity index (χ4n) is 4.27. The van der Waals surface area contributed by atoms with E-state index in [1.54, 1.807) is 6.07 Å². The Labute approximate surface area is 193 Å². The van der Waals surface area contributed by atoms with Crippen molar-refractivity contribution in [2.75, 3.05) is 24.6 Å². The van der Waals surface area contributed by atoms with Crippen molar-refractivity contribution < 1.29 is 21.6 Å². The number of nitrogens with one attached hydrogen (secondary N) is 2. The fraction of sp³-hybridized carbons (Fsp3) is 0.650. The molecule has 2 aliphatic rings. The van der Waals surface area contributed by atoms with E-state index in [2.05, 4.69) is 15.6 Å². The Bertz CT molecular complexity index is 853. The van der Waals surface area contributed by atoms with Crippen LogP contribution in [0.5, 0.6) is 0 Å². The zero-order chi connectivity index (χ0) is 21.1. The van der Waals surface area contributed by atoms with Gasteiger partial charge in [0.1, 0.15) is 0 Å². The van der Waals surface area contributed by atoms with Gasteiger partial charge in [-0.1, -0.05) is 31.0 Å². The van der Waals surface area contributed by atoms with Crippen molar-refractivity contribution in [1.29, 1.82) is 0 Å². The molecule has 0 bridgehead atoms. The topological polar surface area (TPSA) is 70.6 Å². The molecule has 1 atom stereocenters. The summed E-state index contributed by atoms with van der Waals surface area (Å²) >= 11 is 0. The predicted octanol–water partition coefficient (Wildman–Crippen LogP) is 3.88. The van der Waals surface area contributed by atoms with Gasteiger partial charge in [-0.25, -0.2) is 8.42 Å². The summed E-state index contributed by atoms with van der Waals surface area (Å²) in [5.41, 5.74) is -0.384. The predicted molar refractivity (Wildman–Crippen MR) is 123 cm³/mol. The summed E-state index contributed by atoms with van der Waals surface area (Å²) in [6.07, 6.45) is -0.355. The first-order valence-electron chi connectivity index (χ1n) is 10.1. The van der Waals surface area contributed by atoms with Crippen LogP contribution >= 0.6 is 24.0 Å². The van der Waals surface area contributed by atoms with E-state index in [0.717, 1.165) is 31.7 Å². The Morgan fingerprint density at radius 3 is 2.53 bits per heavy atom. The third kappa shape index (κ3) is 6.24. The molecule has 30 heavy (non-hydrogen) atoms. The van der Waals surface area contributed by atoms with E-state index in [0.29, 0.717) is 31.0 Å². The summed E-state index contributed by atoms with van der Waals surface area (Å²) in [4.78, 5) is 4.67. The van der Waals surface area contributed by atoms with E-state index >= 15 is 0 Å². The number of benzene rings is 1. The third-order valence-electron chi connectivity index (χ3n) is 5.82. The summed E-state index contributed by atoms with van der Waals surface area (Å²) in [5, 5.41) is 6.31. The lowest BCUT2D eigenvalue weighted by molar-refractivity contribution is -0.137. The lowest BCUT2D eigenvalue weighted by Crippen LogP contribution is -2.44. The maximum absolute atomic E-state index is 13.2. The van der Waals surface area contributed by atoms with E-state index in [4.69, 9.17) is 0 Å². The van der Waals surface area contributed by atoms with Crippen LogP contribution in [0.3, 0.4) is 0 Å². The van der Waals surface area contributed by atoms with Crippen LogP contribution in [0.4, 0.5) is 13.2 Å². The van der Waals surface area contributed by atoms with E-state index < -0.39 is 27.0 Å². The van der Waals surface area contributed by atoms with Crippen molar-refractivity contribution in [3.63, 3.8) is 0 Å². The molecule has 1 unspecified atom stereocenters. The number of hydrogen-bond donors (Lipinski definition) is 2. The second-order valence-electron chi connectivity index (χ2n) is 8.01. The minimum atomic E-state index is -4.37. The molecule has 5 nitrogen and oxygen atoms in total. The highest BCUT2D eigenvalue weighted by atomic mass is 127. The average Bonchev–Trinajstić information content (AvgIpc) is 3.26. The number of hydrogen-bond acceptors (Lipinski definition) is 3. The van der Waals surface area contributed by atoms with Gasteiger partial charge in [0, 0.05) is 18.0 Å². The SMILES string of the molecule is CCNC(=NCC1(c2cccc(C(F)(F)F)c2)CCCC1)NC1CCS(=O)(=O)C1.I. The zero-order valence-electron chi connectivity index (χ0n) is 17.0. The summed E-state index contributed by atoms with van der Waals surface area (Å²) in [7, 11) is -3.01. The van der Waals surface area contributed by atoms with Crippen molar-refractivity contribution >= 4 is 39.8 Å². The van der Waals surface area contributed by atoms with Crippen molar-refractivity contribution in [2.45, 2.75) is 56.7 Å². The van der Waals surface area contributed by atoms with Crippen molar-refractivity contribution in [3.8, 4) is 0 Å². The summed E-state index contributed by atoms with van der Waals surface area (Å²) in [6.45, 7) is 2.89. The van der Waals surface area contributed by atoms with Gasteiger partial charge in [-0.05, 0) is 37.8 Å². The molecule has 10 heteroatoms. The second kappa shape index (κ2) is 10.1. The number of guanidine groups is 1. The molecule has 1 aromatic carbocycles. The Hall–Kier alpha value is -1.04. The molecule has 0 amide bonds. The first-order chi connectivity index (χ1) is 13.6. The van der Waals surface area contributed by atoms with Gasteiger partial charge in [0.05, 0.1) is 23.6 Å². The number of nitrogens with zero attached hydrogens (tertiary/aromatic N) is 1. The maximum atomic E-state index is 13.2. The maximum Gasteiger partial charge on any atom is 0.416 e. The van der Waals surface area contributed by atoms with Crippen LogP contribution in [-0.4, -0.2) is 45.0 Å². The largest absolute Gasteiger partial charge is 0.416 e. The highest BCUT2D eigenvalue weighted by molar-refractivity contribution is 14.0. The highest BCUT2D eigenvalue weighted by Gasteiger charge is 2.38. The molecule has 170 valence electrons. The second-order valence-corrected chi connectivity index (χ2v) is 10.2. The molecule has 1 saturated heterocycles. The van der Waals surface area contributed by atoms with E-state index in [9.17, 15) is 21.6 Å². The average molecular weight is 559 g/mol. The first-order valence-corrected chi connectivity index (χ1v) is 11.9. The van der Waals surface area contributed by atoms with Crippen molar-refractivity contribution in [1.82, 2.24) is 10.6 Å².